The van der Waals surface area contributed by atoms with E-state index in [9.17, 15) is 14.4 Å². The molecule has 0 radical (unpaired) electrons. The Morgan fingerprint density at radius 3 is 2.27 bits per heavy atom. The SMILES string of the molecule is COc1cc([C@@H]2c3cc4c(cc3[C@H](OC(=O)CCC(=O)C3=C=CC=C3)[C@H]3COC(=O)[C@H]23)OCO4)cc(OC)c1OC. The fourth-order valence-corrected chi connectivity index (χ4v) is 6.00. The molecule has 0 bridgehead atoms. The van der Waals surface area contributed by atoms with Crippen LogP contribution in [-0.4, -0.2) is 52.5 Å². The van der Waals surface area contributed by atoms with Gasteiger partial charge in [-0.05, 0) is 47.5 Å². The van der Waals surface area contributed by atoms with Crippen LogP contribution in [0.2, 0.25) is 0 Å². The van der Waals surface area contributed by atoms with E-state index in [0.717, 1.165) is 11.1 Å². The second-order valence-electron chi connectivity index (χ2n) is 10.0. The lowest BCUT2D eigenvalue weighted by molar-refractivity contribution is -0.155. The molecule has 2 aromatic rings. The zero-order valence-electron chi connectivity index (χ0n) is 22.8. The van der Waals surface area contributed by atoms with Crippen LogP contribution < -0.4 is 23.7 Å². The Balaban J connectivity index is 1.40. The van der Waals surface area contributed by atoms with Gasteiger partial charge in [-0.2, -0.15) is 0 Å². The molecule has 2 aromatic carbocycles. The maximum atomic E-state index is 13.3. The number of cyclic esters (lactones) is 1. The normalized spacial score (nSPS) is 22.9. The molecular weight excluding hydrogens is 532 g/mol. The Morgan fingerprint density at radius 2 is 1.63 bits per heavy atom. The van der Waals surface area contributed by atoms with Gasteiger partial charge in [0.05, 0.1) is 45.8 Å². The second-order valence-corrected chi connectivity index (χ2v) is 10.0. The third-order valence-corrected chi connectivity index (χ3v) is 7.88. The van der Waals surface area contributed by atoms with Crippen molar-refractivity contribution in [3.63, 3.8) is 0 Å². The van der Waals surface area contributed by atoms with Gasteiger partial charge in [0, 0.05) is 23.8 Å². The van der Waals surface area contributed by atoms with Crippen molar-refractivity contribution in [3.05, 3.63) is 70.5 Å². The summed E-state index contributed by atoms with van der Waals surface area (Å²) in [6.45, 7) is 0.116. The number of fused-ring (bicyclic) bond motifs is 3. The van der Waals surface area contributed by atoms with Gasteiger partial charge in [0.2, 0.25) is 12.5 Å². The van der Waals surface area contributed by atoms with Gasteiger partial charge in [0.1, 0.15) is 6.10 Å². The van der Waals surface area contributed by atoms with Crippen LogP contribution in [0.3, 0.4) is 0 Å². The molecule has 2 heterocycles. The lowest BCUT2D eigenvalue weighted by Crippen LogP contribution is -2.36. The number of carbonyl (C=O) groups is 3. The highest BCUT2D eigenvalue weighted by molar-refractivity contribution is 5.99. The molecule has 2 aliphatic carbocycles. The van der Waals surface area contributed by atoms with Gasteiger partial charge >= 0.3 is 11.9 Å². The number of carbonyl (C=O) groups excluding carboxylic acids is 3. The highest BCUT2D eigenvalue weighted by atomic mass is 16.7. The molecule has 0 saturated carbocycles. The van der Waals surface area contributed by atoms with Crippen LogP contribution >= 0.6 is 0 Å². The van der Waals surface area contributed by atoms with Gasteiger partial charge in [0.15, 0.2) is 28.8 Å². The first-order valence-electron chi connectivity index (χ1n) is 13.2. The van der Waals surface area contributed by atoms with Crippen molar-refractivity contribution in [1.29, 1.82) is 0 Å². The van der Waals surface area contributed by atoms with Crippen molar-refractivity contribution in [2.45, 2.75) is 24.9 Å². The molecule has 0 aromatic heterocycles. The maximum absolute atomic E-state index is 13.3. The summed E-state index contributed by atoms with van der Waals surface area (Å²) in [4.78, 5) is 38.8. The highest BCUT2D eigenvalue weighted by Crippen LogP contribution is 2.56. The molecule has 0 N–H and O–H groups in total. The molecule has 0 unspecified atom stereocenters. The third-order valence-electron chi connectivity index (χ3n) is 7.88. The monoisotopic (exact) mass is 560 g/mol. The van der Waals surface area contributed by atoms with E-state index < -0.39 is 35.8 Å². The summed E-state index contributed by atoms with van der Waals surface area (Å²) in [5.74, 6) is -0.482. The number of allylic oxidation sites excluding steroid dienone is 3. The number of ether oxygens (including phenoxy) is 7. The van der Waals surface area contributed by atoms with E-state index in [1.54, 1.807) is 24.3 Å². The first kappa shape index (κ1) is 26.5. The van der Waals surface area contributed by atoms with Crippen LogP contribution in [0.4, 0.5) is 0 Å². The van der Waals surface area contributed by atoms with Crippen molar-refractivity contribution >= 4 is 17.7 Å². The fourth-order valence-electron chi connectivity index (χ4n) is 6.00. The van der Waals surface area contributed by atoms with Crippen LogP contribution in [0.5, 0.6) is 28.7 Å². The smallest absolute Gasteiger partial charge is 0.310 e. The minimum absolute atomic E-state index is 0.0162. The van der Waals surface area contributed by atoms with E-state index in [-0.39, 0.29) is 32.0 Å². The average Bonchev–Trinajstić information content (AvgIpc) is 3.76. The van der Waals surface area contributed by atoms with Gasteiger partial charge in [-0.1, -0.05) is 6.08 Å². The van der Waals surface area contributed by atoms with Gasteiger partial charge in [-0.15, -0.1) is 5.73 Å². The van der Waals surface area contributed by atoms with Crippen LogP contribution in [0.15, 0.2) is 53.8 Å². The Labute approximate surface area is 236 Å². The maximum Gasteiger partial charge on any atom is 0.310 e. The predicted molar refractivity (Wildman–Crippen MR) is 142 cm³/mol. The summed E-state index contributed by atoms with van der Waals surface area (Å²) in [5.41, 5.74) is 5.41. The van der Waals surface area contributed by atoms with Crippen molar-refractivity contribution in [2.75, 3.05) is 34.7 Å². The molecule has 0 amide bonds. The number of Topliss-reactive ketones (excluding diaryl/α,β-unsaturated/α-hetero) is 1. The van der Waals surface area contributed by atoms with Gasteiger partial charge < -0.3 is 33.2 Å². The second kappa shape index (κ2) is 10.7. The number of hydrogen-bond donors (Lipinski definition) is 0. The number of benzene rings is 2. The van der Waals surface area contributed by atoms with E-state index in [2.05, 4.69) is 5.73 Å². The van der Waals surface area contributed by atoms with Gasteiger partial charge in [-0.25, -0.2) is 0 Å². The molecule has 4 atom stereocenters. The molecule has 1 saturated heterocycles. The van der Waals surface area contributed by atoms with Gasteiger partial charge in [-0.3, -0.25) is 14.4 Å². The Hall–Kier alpha value is -4.69. The van der Waals surface area contributed by atoms with Crippen molar-refractivity contribution in [1.82, 2.24) is 0 Å². The fraction of sp³-hybridized carbons (Fsp3) is 0.355. The van der Waals surface area contributed by atoms with E-state index >= 15 is 0 Å². The average molecular weight is 561 g/mol. The number of esters is 2. The predicted octanol–water partition coefficient (Wildman–Crippen LogP) is 3.96. The Bertz CT molecular complexity index is 1500. The van der Waals surface area contributed by atoms with Gasteiger partial charge in [0.25, 0.3) is 0 Å². The summed E-state index contributed by atoms with van der Waals surface area (Å²) < 4.78 is 39.6. The highest BCUT2D eigenvalue weighted by Gasteiger charge is 2.54. The lowest BCUT2D eigenvalue weighted by atomic mass is 9.66. The van der Waals surface area contributed by atoms with Crippen LogP contribution in [0, 0.1) is 11.8 Å². The first-order valence-corrected chi connectivity index (χ1v) is 13.2. The Kier molecular flexibility index (Phi) is 6.93. The largest absolute Gasteiger partial charge is 0.493 e. The van der Waals surface area contributed by atoms with Crippen LogP contribution in [-0.2, 0) is 23.9 Å². The first-order chi connectivity index (χ1) is 19.9. The van der Waals surface area contributed by atoms with E-state index in [1.165, 1.54) is 21.3 Å². The van der Waals surface area contributed by atoms with Crippen molar-refractivity contribution in [2.24, 2.45) is 11.8 Å². The molecule has 212 valence electrons. The zero-order chi connectivity index (χ0) is 28.7. The molecule has 41 heavy (non-hydrogen) atoms. The topological polar surface area (TPSA) is 116 Å². The molecule has 0 spiro atoms. The van der Waals surface area contributed by atoms with Crippen molar-refractivity contribution in [3.8, 4) is 28.7 Å². The van der Waals surface area contributed by atoms with Crippen molar-refractivity contribution < 1.29 is 47.5 Å². The number of hydrogen-bond acceptors (Lipinski definition) is 10. The van der Waals surface area contributed by atoms with E-state index in [0.29, 0.717) is 39.9 Å². The standard InChI is InChI=1S/C31H28O10/c1-35-24-10-17(11-25(36-2)30(24)37-3)27-18-12-22-23(40-15-39-22)13-19(18)29(20-14-38-31(34)28(20)27)41-26(33)9-8-21(32)16-6-4-5-7-16/h4-6,10-13,20,27-29H,8-9,14-15H2,1-3H3/t20-,27+,28-,29-/m0/s1. The molecule has 10 nitrogen and oxygen atoms in total. The number of rotatable bonds is 9. The molecule has 4 aliphatic rings. The number of ketones is 1. The minimum atomic E-state index is -0.803. The molecule has 1 fully saturated rings. The lowest BCUT2D eigenvalue weighted by Gasteiger charge is -2.38. The summed E-state index contributed by atoms with van der Waals surface area (Å²) in [5, 5.41) is 0. The van der Waals surface area contributed by atoms with E-state index in [4.69, 9.17) is 33.2 Å². The molecule has 10 heteroatoms. The molecule has 2 aliphatic heterocycles. The number of methoxy groups -OCH3 is 3. The van der Waals surface area contributed by atoms with Crippen LogP contribution in [0.25, 0.3) is 0 Å². The quantitative estimate of drug-likeness (QED) is 0.330. The summed E-state index contributed by atoms with van der Waals surface area (Å²) in [7, 11) is 4.57. The zero-order valence-corrected chi connectivity index (χ0v) is 22.8. The molecular formula is C31H28O10. The Morgan fingerprint density at radius 1 is 0.927 bits per heavy atom. The van der Waals surface area contributed by atoms with Crippen LogP contribution in [0.1, 0.15) is 41.6 Å². The summed E-state index contributed by atoms with van der Waals surface area (Å²) in [6, 6.07) is 7.23. The minimum Gasteiger partial charge on any atom is -0.493 e. The molecule has 6 rings (SSSR count). The summed E-state index contributed by atoms with van der Waals surface area (Å²) >= 11 is 0. The van der Waals surface area contributed by atoms with E-state index in [1.807, 2.05) is 18.2 Å². The summed E-state index contributed by atoms with van der Waals surface area (Å²) in [6.07, 6.45) is 4.09. The third kappa shape index (κ3) is 4.60.